The molecule has 0 aromatic heterocycles. The van der Waals surface area contributed by atoms with Gasteiger partial charge >= 0.3 is 0 Å². The Bertz CT molecular complexity index is 839. The van der Waals surface area contributed by atoms with Gasteiger partial charge in [-0.3, -0.25) is 0 Å². The quantitative estimate of drug-likeness (QED) is 0.237. The lowest BCUT2D eigenvalue weighted by atomic mass is 9.69. The first-order valence-corrected chi connectivity index (χ1v) is 15.3. The second kappa shape index (κ2) is 11.4. The Morgan fingerprint density at radius 2 is 1.49 bits per heavy atom. The molecule has 0 aromatic rings. The number of fused-ring (bicyclic) bond motifs is 2. The van der Waals surface area contributed by atoms with Crippen LogP contribution in [-0.4, -0.2) is 40.4 Å². The van der Waals surface area contributed by atoms with Gasteiger partial charge < -0.3 is 4.90 Å². The van der Waals surface area contributed by atoms with Crippen LogP contribution in [-0.2, 0) is 0 Å². The molecule has 2 aliphatic carbocycles. The van der Waals surface area contributed by atoms with E-state index in [4.69, 9.17) is 0 Å². The molecule has 35 heavy (non-hydrogen) atoms. The summed E-state index contributed by atoms with van der Waals surface area (Å²) in [5.74, 6) is 1.65. The number of hydrogen-bond donors (Lipinski definition) is 0. The summed E-state index contributed by atoms with van der Waals surface area (Å²) in [5.41, 5.74) is 3.78. The summed E-state index contributed by atoms with van der Waals surface area (Å²) in [7, 11) is 0. The van der Waals surface area contributed by atoms with Crippen molar-refractivity contribution in [2.24, 2.45) is 22.7 Å². The second-order valence-electron chi connectivity index (χ2n) is 13.1. The van der Waals surface area contributed by atoms with Crippen molar-refractivity contribution in [3.05, 3.63) is 36.1 Å². The van der Waals surface area contributed by atoms with Gasteiger partial charge in [-0.05, 0) is 57.9 Å². The van der Waals surface area contributed by atoms with Crippen LogP contribution in [0.25, 0.3) is 0 Å². The maximum absolute atomic E-state index is 2.81. The van der Waals surface area contributed by atoms with Crippen LogP contribution >= 0.6 is 0 Å². The molecule has 4 aliphatic rings. The number of hydrogen-bond acceptors (Lipinski definition) is 1. The zero-order valence-electron chi connectivity index (χ0n) is 24.0. The second-order valence-corrected chi connectivity index (χ2v) is 13.1. The summed E-state index contributed by atoms with van der Waals surface area (Å²) in [5, 5.41) is 0. The van der Waals surface area contributed by atoms with E-state index in [2.05, 4.69) is 81.4 Å². The molecular formula is C33H55N2+. The van der Waals surface area contributed by atoms with E-state index in [1.54, 1.807) is 11.4 Å². The van der Waals surface area contributed by atoms with Gasteiger partial charge in [0.2, 0.25) is 0 Å². The third-order valence-corrected chi connectivity index (χ3v) is 10.3. The summed E-state index contributed by atoms with van der Waals surface area (Å²) in [6.07, 6.45) is 28.4. The average molecular weight is 480 g/mol. The Balaban J connectivity index is 1.55. The molecule has 4 unspecified atom stereocenters. The largest absolute Gasteiger partial charge is 0.371 e. The molecule has 0 radical (unpaired) electrons. The van der Waals surface area contributed by atoms with Gasteiger partial charge in [-0.1, -0.05) is 78.0 Å². The van der Waals surface area contributed by atoms with Gasteiger partial charge in [0, 0.05) is 48.5 Å². The molecule has 1 saturated heterocycles. The third-order valence-electron chi connectivity index (χ3n) is 10.3. The highest BCUT2D eigenvalue weighted by Crippen LogP contribution is 2.53. The first kappa shape index (κ1) is 26.7. The first-order chi connectivity index (χ1) is 16.8. The normalized spacial score (nSPS) is 33.3. The summed E-state index contributed by atoms with van der Waals surface area (Å²) in [4.78, 5) is 2.81. The van der Waals surface area contributed by atoms with Gasteiger partial charge in [0.1, 0.15) is 6.54 Å². The van der Waals surface area contributed by atoms with Gasteiger partial charge in [-0.2, -0.15) is 0 Å². The first-order valence-electron chi connectivity index (χ1n) is 15.3. The zero-order valence-corrected chi connectivity index (χ0v) is 24.0. The fourth-order valence-electron chi connectivity index (χ4n) is 8.34. The van der Waals surface area contributed by atoms with E-state index in [1.165, 1.54) is 90.1 Å². The fraction of sp³-hybridized carbons (Fsp3) is 0.788. The summed E-state index contributed by atoms with van der Waals surface area (Å²) < 4.78 is 2.81. The minimum Gasteiger partial charge on any atom is -0.371 e. The molecule has 2 heteroatoms. The van der Waals surface area contributed by atoms with E-state index in [0.29, 0.717) is 10.8 Å². The molecule has 0 aromatic carbocycles. The summed E-state index contributed by atoms with van der Waals surface area (Å²) in [6.45, 7) is 17.2. The molecule has 2 aliphatic heterocycles. The van der Waals surface area contributed by atoms with Crippen molar-refractivity contribution in [3.8, 4) is 0 Å². The highest BCUT2D eigenvalue weighted by atomic mass is 15.2. The van der Waals surface area contributed by atoms with Gasteiger partial charge in [-0.15, -0.1) is 0 Å². The average Bonchev–Trinajstić information content (AvgIpc) is 3.20. The van der Waals surface area contributed by atoms with Crippen LogP contribution in [0.5, 0.6) is 0 Å². The lowest BCUT2D eigenvalue weighted by Gasteiger charge is -2.34. The Hall–Kier alpha value is -1.31. The molecule has 2 nitrogen and oxygen atoms in total. The maximum atomic E-state index is 2.81. The van der Waals surface area contributed by atoms with E-state index >= 15 is 0 Å². The fourth-order valence-corrected chi connectivity index (χ4v) is 8.34. The maximum Gasteiger partial charge on any atom is 0.182 e. The Morgan fingerprint density at radius 3 is 2.23 bits per heavy atom. The van der Waals surface area contributed by atoms with Crippen LogP contribution < -0.4 is 0 Å². The molecule has 0 amide bonds. The van der Waals surface area contributed by atoms with Crippen LogP contribution in [0.15, 0.2) is 36.1 Å². The van der Waals surface area contributed by atoms with Crippen molar-refractivity contribution in [1.82, 2.24) is 4.90 Å². The highest BCUT2D eigenvalue weighted by molar-refractivity contribution is 5.96. The highest BCUT2D eigenvalue weighted by Gasteiger charge is 2.54. The molecule has 0 spiro atoms. The predicted molar refractivity (Wildman–Crippen MR) is 152 cm³/mol. The molecule has 0 N–H and O–H groups in total. The lowest BCUT2D eigenvalue weighted by Crippen LogP contribution is -2.35. The minimum absolute atomic E-state index is 0.293. The van der Waals surface area contributed by atoms with Gasteiger partial charge in [0.15, 0.2) is 11.8 Å². The van der Waals surface area contributed by atoms with Crippen molar-refractivity contribution in [2.75, 3.05) is 13.1 Å². The van der Waals surface area contributed by atoms with Crippen LogP contribution in [0.2, 0.25) is 0 Å². The van der Waals surface area contributed by atoms with Crippen LogP contribution in [0.4, 0.5) is 0 Å². The monoisotopic (exact) mass is 479 g/mol. The number of unbranched alkanes of at least 4 members (excludes halogenated alkanes) is 2. The predicted octanol–water partition coefficient (Wildman–Crippen LogP) is 8.54. The van der Waals surface area contributed by atoms with Crippen LogP contribution in [0.1, 0.15) is 119 Å². The number of rotatable bonds is 9. The van der Waals surface area contributed by atoms with E-state index < -0.39 is 0 Å². The molecule has 2 heterocycles. The number of likely N-dealkylation sites (tertiary alicyclic amines) is 1. The van der Waals surface area contributed by atoms with E-state index in [9.17, 15) is 0 Å². The van der Waals surface area contributed by atoms with Crippen molar-refractivity contribution in [2.45, 2.75) is 131 Å². The number of allylic oxidation sites excluding steroid dienone is 6. The Labute approximate surface area is 217 Å². The van der Waals surface area contributed by atoms with Crippen molar-refractivity contribution in [3.63, 3.8) is 0 Å². The molecule has 196 valence electrons. The number of nitrogens with zero attached hydrogens (tertiary/aromatic N) is 2. The summed E-state index contributed by atoms with van der Waals surface area (Å²) in [6, 6.07) is 1.54. The minimum atomic E-state index is 0.293. The molecular weight excluding hydrogens is 424 g/mol. The molecule has 0 bridgehead atoms. The Kier molecular flexibility index (Phi) is 8.70. The van der Waals surface area contributed by atoms with Crippen LogP contribution in [0.3, 0.4) is 0 Å². The lowest BCUT2D eigenvalue weighted by molar-refractivity contribution is -0.566. The SMILES string of the molecule is CCCCN1/C(=C/C=C/C=C/C2=[N+](CCCC)C3CCCCC3C2(C)C)C(C)(C)C2CCCCC21. The Morgan fingerprint density at radius 1 is 0.800 bits per heavy atom. The molecule has 4 atom stereocenters. The molecule has 4 rings (SSSR count). The standard InChI is InChI=1S/C33H55N2/c1-7-9-24-34-28-20-16-14-18-26(28)32(3,4)30(34)22-12-11-13-23-31-33(5,6)27-19-15-17-21-29(27)35(31)25-10-8-2/h11-13,22-23,26-29H,7-10,14-21,24-25H2,1-6H3/q+1. The van der Waals surface area contributed by atoms with E-state index in [1.807, 2.05) is 0 Å². The van der Waals surface area contributed by atoms with E-state index in [-0.39, 0.29) is 0 Å². The van der Waals surface area contributed by atoms with Crippen LogP contribution in [0, 0.1) is 22.7 Å². The van der Waals surface area contributed by atoms with Crippen molar-refractivity contribution < 1.29 is 4.58 Å². The van der Waals surface area contributed by atoms with Crippen molar-refractivity contribution in [1.29, 1.82) is 0 Å². The topological polar surface area (TPSA) is 6.25 Å². The molecule has 3 fully saturated rings. The molecule has 2 saturated carbocycles. The third kappa shape index (κ3) is 5.24. The summed E-state index contributed by atoms with van der Waals surface area (Å²) >= 11 is 0. The van der Waals surface area contributed by atoms with E-state index in [0.717, 1.165) is 23.9 Å². The van der Waals surface area contributed by atoms with Gasteiger partial charge in [-0.25, -0.2) is 4.58 Å². The zero-order chi connectivity index (χ0) is 25.1. The smallest absolute Gasteiger partial charge is 0.182 e. The van der Waals surface area contributed by atoms with Crippen molar-refractivity contribution >= 4 is 5.71 Å². The van der Waals surface area contributed by atoms with Gasteiger partial charge in [0.25, 0.3) is 0 Å². The van der Waals surface area contributed by atoms with Gasteiger partial charge in [0.05, 0.1) is 5.41 Å².